The van der Waals surface area contributed by atoms with Crippen molar-refractivity contribution in [2.24, 2.45) is 5.92 Å². The number of nitrogens with zero attached hydrogens (tertiary/aromatic N) is 1. The second-order valence-electron chi connectivity index (χ2n) is 4.15. The molecular formula is C10H21NO2. The highest BCUT2D eigenvalue weighted by Crippen LogP contribution is 2.28. The van der Waals surface area contributed by atoms with Crippen molar-refractivity contribution in [3.05, 3.63) is 0 Å². The van der Waals surface area contributed by atoms with E-state index in [4.69, 9.17) is 4.74 Å². The number of methoxy groups -OCH3 is 1. The summed E-state index contributed by atoms with van der Waals surface area (Å²) in [5.41, 5.74) is 0. The normalized spacial score (nSPS) is 35.3. The van der Waals surface area contributed by atoms with Crippen LogP contribution in [0.25, 0.3) is 0 Å². The lowest BCUT2D eigenvalue weighted by Crippen LogP contribution is -2.41. The van der Waals surface area contributed by atoms with Crippen LogP contribution >= 0.6 is 0 Å². The van der Waals surface area contributed by atoms with Gasteiger partial charge in [0.05, 0.1) is 6.10 Å². The van der Waals surface area contributed by atoms with Crippen molar-refractivity contribution < 1.29 is 9.84 Å². The lowest BCUT2D eigenvalue weighted by molar-refractivity contribution is -0.0196. The van der Waals surface area contributed by atoms with Gasteiger partial charge >= 0.3 is 0 Å². The van der Waals surface area contributed by atoms with E-state index in [0.717, 1.165) is 12.8 Å². The monoisotopic (exact) mass is 187 g/mol. The Kier molecular flexibility index (Phi) is 4.16. The van der Waals surface area contributed by atoms with E-state index in [1.807, 2.05) is 0 Å². The van der Waals surface area contributed by atoms with E-state index in [1.54, 1.807) is 7.11 Å². The third-order valence-electron chi connectivity index (χ3n) is 3.15. The van der Waals surface area contributed by atoms with Crippen LogP contribution < -0.4 is 0 Å². The number of hydrogen-bond acceptors (Lipinski definition) is 3. The Morgan fingerprint density at radius 3 is 2.54 bits per heavy atom. The molecule has 3 unspecified atom stereocenters. The van der Waals surface area contributed by atoms with Gasteiger partial charge in [0.1, 0.15) is 0 Å². The summed E-state index contributed by atoms with van der Waals surface area (Å²) in [6.45, 7) is 0.253. The highest BCUT2D eigenvalue weighted by molar-refractivity contribution is 4.83. The average molecular weight is 187 g/mol. The summed E-state index contributed by atoms with van der Waals surface area (Å²) >= 11 is 0. The summed E-state index contributed by atoms with van der Waals surface area (Å²) in [5, 5.41) is 9.19. The molecule has 0 radical (unpaired) electrons. The Balaban J connectivity index is 2.47. The molecule has 1 saturated carbocycles. The molecule has 0 saturated heterocycles. The first-order chi connectivity index (χ1) is 6.19. The molecule has 1 N–H and O–H groups in total. The number of ether oxygens (including phenoxy) is 1. The second-order valence-corrected chi connectivity index (χ2v) is 4.15. The van der Waals surface area contributed by atoms with Gasteiger partial charge in [-0.05, 0) is 33.4 Å². The van der Waals surface area contributed by atoms with Gasteiger partial charge in [0.15, 0.2) is 0 Å². The van der Waals surface area contributed by atoms with Crippen molar-refractivity contribution in [3.8, 4) is 0 Å². The Morgan fingerprint density at radius 2 is 2.08 bits per heavy atom. The van der Waals surface area contributed by atoms with Crippen LogP contribution in [0.4, 0.5) is 0 Å². The number of rotatable bonds is 3. The predicted octanol–water partition coefficient (Wildman–Crippen LogP) is 0.724. The fraction of sp³-hybridized carbons (Fsp3) is 1.00. The van der Waals surface area contributed by atoms with Gasteiger partial charge in [-0.1, -0.05) is 0 Å². The molecule has 3 heteroatoms. The van der Waals surface area contributed by atoms with Crippen molar-refractivity contribution in [1.29, 1.82) is 0 Å². The van der Waals surface area contributed by atoms with Crippen LogP contribution in [0.5, 0.6) is 0 Å². The van der Waals surface area contributed by atoms with Gasteiger partial charge in [-0.3, -0.25) is 0 Å². The zero-order valence-electron chi connectivity index (χ0n) is 8.86. The maximum atomic E-state index is 9.19. The van der Waals surface area contributed by atoms with Crippen LogP contribution in [0.2, 0.25) is 0 Å². The first-order valence-electron chi connectivity index (χ1n) is 4.99. The molecule has 3 atom stereocenters. The van der Waals surface area contributed by atoms with Gasteiger partial charge in [-0.25, -0.2) is 0 Å². The summed E-state index contributed by atoms with van der Waals surface area (Å²) in [4.78, 5) is 2.24. The van der Waals surface area contributed by atoms with Crippen LogP contribution in [0.3, 0.4) is 0 Å². The quantitative estimate of drug-likeness (QED) is 0.707. The van der Waals surface area contributed by atoms with Gasteiger partial charge in [0.2, 0.25) is 0 Å². The largest absolute Gasteiger partial charge is 0.396 e. The Bertz CT molecular complexity index is 150. The number of aliphatic hydroxyl groups excluding tert-OH is 1. The number of hydrogen-bond donors (Lipinski definition) is 1. The molecule has 78 valence electrons. The molecule has 0 heterocycles. The lowest BCUT2D eigenvalue weighted by Gasteiger charge is -2.37. The fourth-order valence-corrected chi connectivity index (χ4v) is 2.18. The van der Waals surface area contributed by atoms with Crippen molar-refractivity contribution in [2.75, 3.05) is 27.8 Å². The third-order valence-corrected chi connectivity index (χ3v) is 3.15. The van der Waals surface area contributed by atoms with Gasteiger partial charge in [0, 0.05) is 25.7 Å². The standard InChI is InChI=1S/C10H21NO2/c1-11(2)9-4-5-10(13-3)8(6-9)7-12/h8-10,12H,4-7H2,1-3H3. The molecule has 1 aliphatic carbocycles. The molecule has 1 rings (SSSR count). The molecule has 0 bridgehead atoms. The summed E-state index contributed by atoms with van der Waals surface area (Å²) in [5.74, 6) is 0.325. The summed E-state index contributed by atoms with van der Waals surface area (Å²) < 4.78 is 5.34. The smallest absolute Gasteiger partial charge is 0.0622 e. The zero-order chi connectivity index (χ0) is 9.84. The van der Waals surface area contributed by atoms with Gasteiger partial charge in [-0.15, -0.1) is 0 Å². The molecule has 1 aliphatic rings. The summed E-state index contributed by atoms with van der Waals surface area (Å²) in [6.07, 6.45) is 3.58. The topological polar surface area (TPSA) is 32.7 Å². The summed E-state index contributed by atoms with van der Waals surface area (Å²) in [7, 11) is 5.95. The van der Waals surface area contributed by atoms with Gasteiger partial charge in [0.25, 0.3) is 0 Å². The van der Waals surface area contributed by atoms with Crippen molar-refractivity contribution in [2.45, 2.75) is 31.4 Å². The van der Waals surface area contributed by atoms with E-state index >= 15 is 0 Å². The highest BCUT2D eigenvalue weighted by atomic mass is 16.5. The van der Waals surface area contributed by atoms with Crippen LogP contribution in [-0.2, 0) is 4.74 Å². The van der Waals surface area contributed by atoms with Crippen LogP contribution in [-0.4, -0.2) is 50.0 Å². The third kappa shape index (κ3) is 2.66. The highest BCUT2D eigenvalue weighted by Gasteiger charge is 2.30. The maximum Gasteiger partial charge on any atom is 0.0622 e. The Morgan fingerprint density at radius 1 is 1.38 bits per heavy atom. The van der Waals surface area contributed by atoms with Crippen molar-refractivity contribution in [1.82, 2.24) is 4.90 Å². The molecule has 0 spiro atoms. The maximum absolute atomic E-state index is 9.19. The molecule has 0 amide bonds. The van der Waals surface area contributed by atoms with E-state index in [0.29, 0.717) is 12.0 Å². The SMILES string of the molecule is COC1CCC(N(C)C)CC1CO. The minimum absolute atomic E-state index is 0.253. The molecule has 13 heavy (non-hydrogen) atoms. The minimum Gasteiger partial charge on any atom is -0.396 e. The molecule has 0 aromatic carbocycles. The van der Waals surface area contributed by atoms with E-state index < -0.39 is 0 Å². The molecule has 1 fully saturated rings. The predicted molar refractivity (Wildman–Crippen MR) is 52.7 cm³/mol. The van der Waals surface area contributed by atoms with E-state index in [9.17, 15) is 5.11 Å². The number of aliphatic hydroxyl groups is 1. The van der Waals surface area contributed by atoms with Crippen LogP contribution in [0, 0.1) is 5.92 Å². The first kappa shape index (κ1) is 11.0. The fourth-order valence-electron chi connectivity index (χ4n) is 2.18. The Labute approximate surface area is 80.7 Å². The zero-order valence-corrected chi connectivity index (χ0v) is 8.86. The van der Waals surface area contributed by atoms with Gasteiger partial charge in [-0.2, -0.15) is 0 Å². The van der Waals surface area contributed by atoms with Gasteiger partial charge < -0.3 is 14.7 Å². The van der Waals surface area contributed by atoms with E-state index in [-0.39, 0.29) is 12.7 Å². The average Bonchev–Trinajstić information content (AvgIpc) is 2.16. The Hall–Kier alpha value is -0.120. The first-order valence-corrected chi connectivity index (χ1v) is 4.99. The molecule has 0 aromatic heterocycles. The minimum atomic E-state index is 0.253. The second kappa shape index (κ2) is 4.94. The van der Waals surface area contributed by atoms with Crippen LogP contribution in [0.1, 0.15) is 19.3 Å². The molecular weight excluding hydrogens is 166 g/mol. The molecule has 0 aliphatic heterocycles. The lowest BCUT2D eigenvalue weighted by atomic mass is 9.83. The van der Waals surface area contributed by atoms with Crippen molar-refractivity contribution in [3.63, 3.8) is 0 Å². The molecule has 3 nitrogen and oxygen atoms in total. The molecule has 0 aromatic rings. The van der Waals surface area contributed by atoms with Crippen LogP contribution in [0.15, 0.2) is 0 Å². The van der Waals surface area contributed by atoms with Crippen molar-refractivity contribution >= 4 is 0 Å². The van der Waals surface area contributed by atoms with E-state index in [2.05, 4.69) is 19.0 Å². The summed E-state index contributed by atoms with van der Waals surface area (Å²) in [6, 6.07) is 0.614. The van der Waals surface area contributed by atoms with E-state index in [1.165, 1.54) is 6.42 Å².